The average molecular weight is 307 g/mol. The topological polar surface area (TPSA) is 79.5 Å². The Morgan fingerprint density at radius 1 is 1.48 bits per heavy atom. The van der Waals surface area contributed by atoms with Gasteiger partial charge in [-0.25, -0.2) is 0 Å². The van der Waals surface area contributed by atoms with Gasteiger partial charge >= 0.3 is 5.69 Å². The molecule has 7 heteroatoms. The van der Waals surface area contributed by atoms with Crippen molar-refractivity contribution in [3.8, 4) is 0 Å². The number of thiophene rings is 1. The molecule has 0 aliphatic carbocycles. The van der Waals surface area contributed by atoms with Crippen LogP contribution in [0.1, 0.15) is 23.5 Å². The molecule has 0 amide bonds. The van der Waals surface area contributed by atoms with Gasteiger partial charge in [-0.2, -0.15) is 0 Å². The number of nitro groups is 1. The van der Waals surface area contributed by atoms with Crippen molar-refractivity contribution in [3.63, 3.8) is 0 Å². The molecule has 0 aromatic carbocycles. The normalized spacial score (nSPS) is 12.1. The van der Waals surface area contributed by atoms with E-state index in [-0.39, 0.29) is 5.69 Å². The number of hydrogen-bond acceptors (Lipinski definition) is 6. The maximum absolute atomic E-state index is 11.1. The number of aliphatic hydroxyl groups excluding tert-OH is 1. The smallest absolute Gasteiger partial charge is 0.304 e. The summed E-state index contributed by atoms with van der Waals surface area (Å²) in [6.45, 7) is 2.26. The van der Waals surface area contributed by atoms with E-state index in [1.165, 1.54) is 17.4 Å². The third-order valence-corrected chi connectivity index (χ3v) is 4.56. The summed E-state index contributed by atoms with van der Waals surface area (Å²) in [5.41, 5.74) is 1.18. The predicted octanol–water partition coefficient (Wildman–Crippen LogP) is 2.78. The highest BCUT2D eigenvalue weighted by Crippen LogP contribution is 2.39. The fraction of sp³-hybridized carbons (Fsp3) is 0.357. The van der Waals surface area contributed by atoms with E-state index in [1.54, 1.807) is 19.3 Å². The van der Waals surface area contributed by atoms with Crippen LogP contribution >= 0.6 is 11.3 Å². The van der Waals surface area contributed by atoms with Crippen molar-refractivity contribution >= 4 is 22.0 Å². The second-order valence-electron chi connectivity index (χ2n) is 4.80. The van der Waals surface area contributed by atoms with E-state index >= 15 is 0 Å². The third kappa shape index (κ3) is 3.77. The van der Waals surface area contributed by atoms with Gasteiger partial charge in [0.15, 0.2) is 5.00 Å². The van der Waals surface area contributed by atoms with E-state index in [9.17, 15) is 15.2 Å². The van der Waals surface area contributed by atoms with Gasteiger partial charge in [-0.1, -0.05) is 0 Å². The minimum Gasteiger partial charge on any atom is -0.388 e. The number of aliphatic hydroxyl groups is 1. The summed E-state index contributed by atoms with van der Waals surface area (Å²) in [7, 11) is 1.83. The van der Waals surface area contributed by atoms with E-state index in [2.05, 4.69) is 4.98 Å². The van der Waals surface area contributed by atoms with Crippen LogP contribution in [0.3, 0.4) is 0 Å². The number of pyridine rings is 1. The first-order valence-corrected chi connectivity index (χ1v) is 7.37. The van der Waals surface area contributed by atoms with Crippen molar-refractivity contribution in [2.24, 2.45) is 0 Å². The van der Waals surface area contributed by atoms with E-state index < -0.39 is 11.0 Å². The van der Waals surface area contributed by atoms with Gasteiger partial charge in [0, 0.05) is 36.9 Å². The molecule has 0 fully saturated rings. The molecule has 0 saturated carbocycles. The maximum atomic E-state index is 11.1. The van der Waals surface area contributed by atoms with Crippen molar-refractivity contribution in [1.82, 2.24) is 4.98 Å². The molecule has 0 unspecified atom stereocenters. The number of anilines is 1. The van der Waals surface area contributed by atoms with Crippen LogP contribution in [0.2, 0.25) is 0 Å². The van der Waals surface area contributed by atoms with E-state index in [4.69, 9.17) is 0 Å². The van der Waals surface area contributed by atoms with Gasteiger partial charge in [0.25, 0.3) is 0 Å². The Labute approximate surface area is 126 Å². The number of rotatable bonds is 6. The summed E-state index contributed by atoms with van der Waals surface area (Å²) in [4.78, 5) is 17.2. The van der Waals surface area contributed by atoms with Gasteiger partial charge in [-0.05, 0) is 31.0 Å². The predicted molar refractivity (Wildman–Crippen MR) is 82.8 cm³/mol. The molecule has 6 nitrogen and oxygen atoms in total. The Morgan fingerprint density at radius 3 is 2.71 bits per heavy atom. The standard InChI is InChI=1S/C14H17N3O3S/c1-10(18)13-9-12(17(19)20)14(21-13)16(2)8-5-11-3-6-15-7-4-11/h3-4,6-7,9-10,18H,5,8H2,1-2H3/t10-/m0/s1. The van der Waals surface area contributed by atoms with Crippen molar-refractivity contribution in [2.75, 3.05) is 18.5 Å². The van der Waals surface area contributed by atoms with Crippen LogP contribution in [0.15, 0.2) is 30.6 Å². The van der Waals surface area contributed by atoms with Gasteiger partial charge in [0.2, 0.25) is 0 Å². The Bertz CT molecular complexity index is 613. The molecule has 0 bridgehead atoms. The lowest BCUT2D eigenvalue weighted by atomic mass is 10.2. The lowest BCUT2D eigenvalue weighted by Gasteiger charge is -2.16. The van der Waals surface area contributed by atoms with Crippen molar-refractivity contribution < 1.29 is 10.0 Å². The summed E-state index contributed by atoms with van der Waals surface area (Å²) in [6, 6.07) is 5.31. The molecule has 0 spiro atoms. The lowest BCUT2D eigenvalue weighted by Crippen LogP contribution is -2.20. The highest BCUT2D eigenvalue weighted by molar-refractivity contribution is 7.16. The van der Waals surface area contributed by atoms with Crippen LogP contribution in [0.25, 0.3) is 0 Å². The SMILES string of the molecule is C[C@H](O)c1cc([N+](=O)[O-])c(N(C)CCc2ccncc2)s1. The summed E-state index contributed by atoms with van der Waals surface area (Å²) < 4.78 is 0. The summed E-state index contributed by atoms with van der Waals surface area (Å²) in [5.74, 6) is 0. The Kier molecular flexibility index (Phi) is 4.87. The fourth-order valence-corrected chi connectivity index (χ4v) is 3.00. The number of nitrogens with zero attached hydrogens (tertiary/aromatic N) is 3. The second-order valence-corrected chi connectivity index (χ2v) is 5.86. The number of likely N-dealkylation sites (N-methyl/N-ethyl adjacent to an activating group) is 1. The Balaban J connectivity index is 2.14. The molecular formula is C14H17N3O3S. The zero-order valence-corrected chi connectivity index (χ0v) is 12.7. The molecule has 2 heterocycles. The molecule has 2 aromatic heterocycles. The maximum Gasteiger partial charge on any atom is 0.304 e. The Morgan fingerprint density at radius 2 is 2.14 bits per heavy atom. The van der Waals surface area contributed by atoms with Gasteiger partial charge < -0.3 is 10.0 Å². The van der Waals surface area contributed by atoms with Crippen LogP contribution in [0, 0.1) is 10.1 Å². The van der Waals surface area contributed by atoms with Gasteiger partial charge in [0.05, 0.1) is 11.0 Å². The molecule has 0 aliphatic heterocycles. The third-order valence-electron chi connectivity index (χ3n) is 3.15. The molecule has 112 valence electrons. The number of aromatic nitrogens is 1. The van der Waals surface area contributed by atoms with Gasteiger partial charge in [-0.3, -0.25) is 15.1 Å². The largest absolute Gasteiger partial charge is 0.388 e. The molecular weight excluding hydrogens is 290 g/mol. The van der Waals surface area contributed by atoms with Crippen molar-refractivity contribution in [3.05, 3.63) is 51.1 Å². The lowest BCUT2D eigenvalue weighted by molar-refractivity contribution is -0.383. The van der Waals surface area contributed by atoms with E-state index in [1.807, 2.05) is 24.1 Å². The second kappa shape index (κ2) is 6.64. The first-order chi connectivity index (χ1) is 9.99. The molecule has 0 saturated heterocycles. The highest BCUT2D eigenvalue weighted by atomic mass is 32.1. The summed E-state index contributed by atoms with van der Waals surface area (Å²) >= 11 is 1.26. The average Bonchev–Trinajstić information content (AvgIpc) is 2.91. The van der Waals surface area contributed by atoms with Crippen molar-refractivity contribution in [2.45, 2.75) is 19.4 Å². The van der Waals surface area contributed by atoms with Crippen LogP contribution in [-0.2, 0) is 6.42 Å². The van der Waals surface area contributed by atoms with Gasteiger partial charge in [0.1, 0.15) is 0 Å². The zero-order chi connectivity index (χ0) is 15.4. The first-order valence-electron chi connectivity index (χ1n) is 6.55. The molecule has 1 N–H and O–H groups in total. The van der Waals surface area contributed by atoms with E-state index in [0.717, 1.165) is 12.0 Å². The van der Waals surface area contributed by atoms with Gasteiger partial charge in [-0.15, -0.1) is 11.3 Å². The Hall–Kier alpha value is -1.99. The zero-order valence-electron chi connectivity index (χ0n) is 11.9. The molecule has 0 radical (unpaired) electrons. The minimum absolute atomic E-state index is 0.0492. The van der Waals surface area contributed by atoms with Crippen LogP contribution < -0.4 is 4.90 Å². The van der Waals surface area contributed by atoms with Crippen LogP contribution in [0.4, 0.5) is 10.7 Å². The quantitative estimate of drug-likeness (QED) is 0.655. The molecule has 2 rings (SSSR count). The monoisotopic (exact) mass is 307 g/mol. The molecule has 21 heavy (non-hydrogen) atoms. The van der Waals surface area contributed by atoms with Crippen molar-refractivity contribution in [1.29, 1.82) is 0 Å². The number of hydrogen-bond donors (Lipinski definition) is 1. The first kappa shape index (κ1) is 15.4. The highest BCUT2D eigenvalue weighted by Gasteiger charge is 2.23. The van der Waals surface area contributed by atoms with E-state index in [0.29, 0.717) is 16.4 Å². The molecule has 1 atom stereocenters. The van der Waals surface area contributed by atoms with Crippen LogP contribution in [0.5, 0.6) is 0 Å². The molecule has 2 aromatic rings. The minimum atomic E-state index is -0.698. The summed E-state index contributed by atoms with van der Waals surface area (Å²) in [5, 5.41) is 21.3. The molecule has 0 aliphatic rings. The summed E-state index contributed by atoms with van der Waals surface area (Å²) in [6.07, 6.45) is 3.54. The fourth-order valence-electron chi connectivity index (χ4n) is 1.95. The van der Waals surface area contributed by atoms with Crippen LogP contribution in [-0.4, -0.2) is 28.6 Å².